The quantitative estimate of drug-likeness (QED) is 0.330. The zero-order valence-electron chi connectivity index (χ0n) is 18.1. The van der Waals surface area contributed by atoms with Crippen molar-refractivity contribution in [3.63, 3.8) is 0 Å². The van der Waals surface area contributed by atoms with Gasteiger partial charge >= 0.3 is 0 Å². The number of rotatable bonds is 5. The van der Waals surface area contributed by atoms with Crippen LogP contribution in [0.25, 0.3) is 5.76 Å². The average Bonchev–Trinajstić information content (AvgIpc) is 3.08. The minimum absolute atomic E-state index is 0.0889. The molecule has 0 aromatic heterocycles. The summed E-state index contributed by atoms with van der Waals surface area (Å²) in [5.41, 5.74) is -0.414. The van der Waals surface area contributed by atoms with Gasteiger partial charge in [0.2, 0.25) is 0 Å². The molecule has 1 atom stereocenters. The van der Waals surface area contributed by atoms with Crippen molar-refractivity contribution >= 4 is 23.1 Å². The highest BCUT2D eigenvalue weighted by molar-refractivity contribution is 6.51. The summed E-state index contributed by atoms with van der Waals surface area (Å²) in [5.74, 6) is -4.33. The van der Waals surface area contributed by atoms with Gasteiger partial charge in [0, 0.05) is 12.1 Å². The topological polar surface area (TPSA) is 96.3 Å². The minimum atomic E-state index is -1.32. The maximum atomic E-state index is 14.7. The van der Waals surface area contributed by atoms with Gasteiger partial charge in [-0.2, -0.15) is 0 Å². The van der Waals surface area contributed by atoms with Crippen LogP contribution in [-0.2, 0) is 9.59 Å². The molecule has 1 saturated heterocycles. The van der Waals surface area contributed by atoms with Crippen molar-refractivity contribution in [1.29, 1.82) is 0 Å². The number of carbonyl (C=O) groups is 2. The van der Waals surface area contributed by atoms with E-state index >= 15 is 0 Å². The maximum absolute atomic E-state index is 14.7. The van der Waals surface area contributed by atoms with Crippen molar-refractivity contribution in [2.75, 3.05) is 19.1 Å². The minimum Gasteiger partial charge on any atom is -0.508 e. The highest BCUT2D eigenvalue weighted by Gasteiger charge is 2.48. The molecule has 1 fully saturated rings. The number of aliphatic hydroxyl groups is 1. The Balaban J connectivity index is 1.99. The predicted octanol–water partition coefficient (Wildman–Crippen LogP) is 4.31. The van der Waals surface area contributed by atoms with Crippen molar-refractivity contribution in [1.82, 2.24) is 0 Å². The van der Waals surface area contributed by atoms with Gasteiger partial charge in [0.15, 0.2) is 0 Å². The number of aromatic hydroxyl groups is 1. The van der Waals surface area contributed by atoms with Crippen molar-refractivity contribution in [2.24, 2.45) is 0 Å². The first-order valence-corrected chi connectivity index (χ1v) is 10.0. The van der Waals surface area contributed by atoms with Gasteiger partial charge in [0.05, 0.1) is 37.1 Å². The van der Waals surface area contributed by atoms with E-state index in [0.717, 1.165) is 17.0 Å². The van der Waals surface area contributed by atoms with Gasteiger partial charge in [-0.3, -0.25) is 14.5 Å². The lowest BCUT2D eigenvalue weighted by Crippen LogP contribution is -2.30. The molecular weight excluding hydrogens is 448 g/mol. The van der Waals surface area contributed by atoms with E-state index in [1.165, 1.54) is 56.7 Å². The molecule has 3 aromatic rings. The van der Waals surface area contributed by atoms with Crippen LogP contribution in [0.3, 0.4) is 0 Å². The Morgan fingerprint density at radius 2 is 1.74 bits per heavy atom. The van der Waals surface area contributed by atoms with E-state index in [1.54, 1.807) is 0 Å². The van der Waals surface area contributed by atoms with Crippen molar-refractivity contribution < 1.29 is 38.1 Å². The van der Waals surface area contributed by atoms with E-state index in [2.05, 4.69) is 0 Å². The van der Waals surface area contributed by atoms with Crippen molar-refractivity contribution in [3.8, 4) is 17.2 Å². The Bertz CT molecular complexity index is 1340. The van der Waals surface area contributed by atoms with Gasteiger partial charge in [-0.1, -0.05) is 12.1 Å². The number of ketones is 1. The number of anilines is 1. The standard InChI is InChI=1S/C25H19F2NO6/c1-33-16-7-8-17(20(12-16)34-2)23(30)21-22(13-4-3-5-15(29)10-13)28(25(32)24(21)31)19-9-6-14(26)11-18(19)27/h3-12,22,29-30H,1-2H3/b23-21-. The lowest BCUT2D eigenvalue weighted by molar-refractivity contribution is -0.132. The SMILES string of the molecule is COc1ccc(/C(O)=C2/C(=O)C(=O)N(c3ccc(F)cc3F)C2c2cccc(O)c2)c(OC)c1. The van der Waals surface area contributed by atoms with E-state index in [9.17, 15) is 28.6 Å². The molecule has 0 radical (unpaired) electrons. The van der Waals surface area contributed by atoms with Crippen LogP contribution in [0.4, 0.5) is 14.5 Å². The number of benzene rings is 3. The van der Waals surface area contributed by atoms with Crippen LogP contribution in [0.15, 0.2) is 66.2 Å². The monoisotopic (exact) mass is 467 g/mol. The normalized spacial score (nSPS) is 17.2. The smallest absolute Gasteiger partial charge is 0.300 e. The highest BCUT2D eigenvalue weighted by Crippen LogP contribution is 2.44. The van der Waals surface area contributed by atoms with Gasteiger partial charge in [-0.05, 0) is 42.0 Å². The van der Waals surface area contributed by atoms with Gasteiger partial charge in [-0.15, -0.1) is 0 Å². The number of Topliss-reactive ketones (excluding diaryl/α,β-unsaturated/α-hetero) is 1. The van der Waals surface area contributed by atoms with Crippen molar-refractivity contribution in [2.45, 2.75) is 6.04 Å². The van der Waals surface area contributed by atoms with Crippen LogP contribution in [0, 0.1) is 11.6 Å². The van der Waals surface area contributed by atoms with Gasteiger partial charge in [0.25, 0.3) is 11.7 Å². The predicted molar refractivity (Wildman–Crippen MR) is 119 cm³/mol. The summed E-state index contributed by atoms with van der Waals surface area (Å²) in [4.78, 5) is 27.0. The summed E-state index contributed by atoms with van der Waals surface area (Å²) in [6, 6.07) is 11.3. The molecule has 0 saturated carbocycles. The summed E-state index contributed by atoms with van der Waals surface area (Å²) in [6.07, 6.45) is 0. The van der Waals surface area contributed by atoms with Crippen LogP contribution in [0.1, 0.15) is 17.2 Å². The molecule has 0 bridgehead atoms. The van der Waals surface area contributed by atoms with E-state index in [0.29, 0.717) is 11.8 Å². The summed E-state index contributed by atoms with van der Waals surface area (Å²) in [7, 11) is 2.80. The number of nitrogens with zero attached hydrogens (tertiary/aromatic N) is 1. The third kappa shape index (κ3) is 3.81. The second kappa shape index (κ2) is 8.86. The fourth-order valence-electron chi connectivity index (χ4n) is 3.91. The lowest BCUT2D eigenvalue weighted by atomic mass is 9.94. The molecule has 0 aliphatic carbocycles. The molecule has 1 amide bonds. The van der Waals surface area contributed by atoms with Crippen molar-refractivity contribution in [3.05, 3.63) is 89.0 Å². The van der Waals surface area contributed by atoms with Crippen LogP contribution < -0.4 is 14.4 Å². The molecule has 1 aliphatic heterocycles. The van der Waals surface area contributed by atoms with Crippen LogP contribution in [0.2, 0.25) is 0 Å². The molecule has 0 spiro atoms. The molecule has 1 heterocycles. The molecule has 1 unspecified atom stereocenters. The number of phenols is 1. The Labute approximate surface area is 193 Å². The molecule has 9 heteroatoms. The van der Waals surface area contributed by atoms with Gasteiger partial charge in [0.1, 0.15) is 34.6 Å². The summed E-state index contributed by atoms with van der Waals surface area (Å²) in [6.45, 7) is 0. The first-order chi connectivity index (χ1) is 16.3. The summed E-state index contributed by atoms with van der Waals surface area (Å²) >= 11 is 0. The second-order valence-corrected chi connectivity index (χ2v) is 7.43. The first kappa shape index (κ1) is 22.8. The molecule has 1 aliphatic rings. The second-order valence-electron chi connectivity index (χ2n) is 7.43. The Morgan fingerprint density at radius 1 is 0.971 bits per heavy atom. The number of amides is 1. The highest BCUT2D eigenvalue weighted by atomic mass is 19.1. The van der Waals surface area contributed by atoms with Gasteiger partial charge < -0.3 is 19.7 Å². The van der Waals surface area contributed by atoms with Gasteiger partial charge in [-0.25, -0.2) is 8.78 Å². The molecule has 34 heavy (non-hydrogen) atoms. The number of hydrogen-bond acceptors (Lipinski definition) is 6. The number of carbonyl (C=O) groups excluding carboxylic acids is 2. The van der Waals surface area contributed by atoms with Crippen LogP contribution in [-0.4, -0.2) is 36.1 Å². The molecule has 4 rings (SSSR count). The largest absolute Gasteiger partial charge is 0.508 e. The number of methoxy groups -OCH3 is 2. The molecule has 3 aromatic carbocycles. The summed E-state index contributed by atoms with van der Waals surface area (Å²) in [5, 5.41) is 21.2. The molecule has 174 valence electrons. The molecule has 2 N–H and O–H groups in total. The number of hydrogen-bond donors (Lipinski definition) is 2. The van der Waals surface area contributed by atoms with E-state index in [1.807, 2.05) is 0 Å². The zero-order chi connectivity index (χ0) is 24.6. The third-order valence-electron chi connectivity index (χ3n) is 5.46. The maximum Gasteiger partial charge on any atom is 0.300 e. The Kier molecular flexibility index (Phi) is 5.93. The van der Waals surface area contributed by atoms with Crippen LogP contribution >= 0.6 is 0 Å². The lowest BCUT2D eigenvalue weighted by Gasteiger charge is -2.26. The first-order valence-electron chi connectivity index (χ1n) is 10.0. The zero-order valence-corrected chi connectivity index (χ0v) is 18.1. The number of phenolic OH excluding ortho intramolecular Hbond substituents is 1. The number of halogens is 2. The third-order valence-corrected chi connectivity index (χ3v) is 5.46. The molecule has 7 nitrogen and oxygen atoms in total. The molecular formula is C25H19F2NO6. The van der Waals surface area contributed by atoms with E-state index in [-0.39, 0.29) is 33.9 Å². The van der Waals surface area contributed by atoms with E-state index < -0.39 is 35.1 Å². The Morgan fingerprint density at radius 3 is 2.38 bits per heavy atom. The number of aliphatic hydroxyl groups excluding tert-OH is 1. The average molecular weight is 467 g/mol. The Hall–Kier alpha value is -4.40. The number of ether oxygens (including phenoxy) is 2. The fraction of sp³-hybridized carbons (Fsp3) is 0.120. The van der Waals surface area contributed by atoms with E-state index in [4.69, 9.17) is 9.47 Å². The summed E-state index contributed by atoms with van der Waals surface area (Å²) < 4.78 is 38.7. The van der Waals surface area contributed by atoms with Crippen LogP contribution in [0.5, 0.6) is 17.2 Å². The fourth-order valence-corrected chi connectivity index (χ4v) is 3.91.